The molecule has 0 aliphatic carbocycles. The van der Waals surface area contributed by atoms with E-state index in [1.54, 1.807) is 11.3 Å². The lowest BCUT2D eigenvalue weighted by Crippen LogP contribution is -1.89. The van der Waals surface area contributed by atoms with Gasteiger partial charge in [0.15, 0.2) is 5.13 Å². The number of thioether (sulfide) groups is 1. The maximum absolute atomic E-state index is 5.67. The second kappa shape index (κ2) is 6.11. The Bertz CT molecular complexity index is 505. The van der Waals surface area contributed by atoms with Crippen LogP contribution in [-0.2, 0) is 6.42 Å². The van der Waals surface area contributed by atoms with Gasteiger partial charge in [-0.25, -0.2) is 4.98 Å². The second-order valence-electron chi connectivity index (χ2n) is 4.12. The highest BCUT2D eigenvalue weighted by Crippen LogP contribution is 2.30. The summed E-state index contributed by atoms with van der Waals surface area (Å²) in [6.45, 7) is 2.01. The number of hydrogen-bond acceptors (Lipinski definition) is 5. The van der Waals surface area contributed by atoms with Crippen LogP contribution in [0.25, 0.3) is 0 Å². The topological polar surface area (TPSA) is 64.9 Å². The Hall–Kier alpha value is -1.20. The number of rotatable bonds is 5. The molecule has 2 aromatic rings. The van der Waals surface area contributed by atoms with E-state index in [1.807, 2.05) is 30.8 Å². The van der Waals surface area contributed by atoms with E-state index in [9.17, 15) is 0 Å². The van der Waals surface area contributed by atoms with Crippen molar-refractivity contribution in [3.8, 4) is 0 Å². The number of benzene rings is 1. The highest BCUT2D eigenvalue weighted by Gasteiger charge is 2.05. The Morgan fingerprint density at radius 2 is 1.94 bits per heavy atom. The summed E-state index contributed by atoms with van der Waals surface area (Å²) in [6, 6.07) is 8.10. The van der Waals surface area contributed by atoms with E-state index < -0.39 is 0 Å². The fourth-order valence-electron chi connectivity index (χ4n) is 1.66. The summed E-state index contributed by atoms with van der Waals surface area (Å²) in [5, 5.41) is 0.661. The molecule has 0 fully saturated rings. The first-order valence-corrected chi connectivity index (χ1v) is 7.65. The van der Waals surface area contributed by atoms with Gasteiger partial charge in [0, 0.05) is 5.69 Å². The van der Waals surface area contributed by atoms with Crippen molar-refractivity contribution in [2.75, 3.05) is 17.2 Å². The molecule has 1 heterocycles. The first kappa shape index (κ1) is 13.2. The first-order chi connectivity index (χ1) is 8.65. The molecule has 2 rings (SSSR count). The average molecular weight is 279 g/mol. The van der Waals surface area contributed by atoms with Crippen LogP contribution in [0.4, 0.5) is 10.8 Å². The van der Waals surface area contributed by atoms with Crippen LogP contribution in [0.3, 0.4) is 0 Å². The normalized spacial score (nSPS) is 10.7. The van der Waals surface area contributed by atoms with Gasteiger partial charge in [-0.1, -0.05) is 23.5 Å². The largest absolute Gasteiger partial charge is 0.399 e. The summed E-state index contributed by atoms with van der Waals surface area (Å²) in [4.78, 5) is 4.22. The molecule has 18 heavy (non-hydrogen) atoms. The van der Waals surface area contributed by atoms with E-state index in [4.69, 9.17) is 11.5 Å². The maximum atomic E-state index is 5.67. The number of nitrogens with zero attached hydrogens (tertiary/aromatic N) is 1. The lowest BCUT2D eigenvalue weighted by molar-refractivity contribution is 0.933. The van der Waals surface area contributed by atoms with Crippen molar-refractivity contribution in [2.45, 2.75) is 24.0 Å². The number of anilines is 2. The molecule has 0 radical (unpaired) electrons. The number of nitrogen functional groups attached to an aromatic ring is 2. The Morgan fingerprint density at radius 3 is 2.56 bits per heavy atom. The molecule has 0 bridgehead atoms. The summed E-state index contributed by atoms with van der Waals surface area (Å²) in [7, 11) is 0. The van der Waals surface area contributed by atoms with Gasteiger partial charge in [-0.15, -0.1) is 11.8 Å². The van der Waals surface area contributed by atoms with Crippen molar-refractivity contribution in [2.24, 2.45) is 0 Å². The van der Waals surface area contributed by atoms with Gasteiger partial charge in [0.25, 0.3) is 0 Å². The molecule has 1 aromatic carbocycles. The van der Waals surface area contributed by atoms with E-state index in [2.05, 4.69) is 17.1 Å². The lowest BCUT2D eigenvalue weighted by atomic mass is 10.1. The first-order valence-electron chi connectivity index (χ1n) is 5.85. The van der Waals surface area contributed by atoms with Gasteiger partial charge in [0.2, 0.25) is 0 Å². The fraction of sp³-hybridized carbons (Fsp3) is 0.308. The molecular formula is C13H17N3S2. The smallest absolute Gasteiger partial charge is 0.181 e. The molecule has 0 amide bonds. The molecule has 0 unspecified atom stereocenters. The van der Waals surface area contributed by atoms with Gasteiger partial charge in [0.05, 0.1) is 9.90 Å². The van der Waals surface area contributed by atoms with Gasteiger partial charge in [0.1, 0.15) is 0 Å². The predicted molar refractivity (Wildman–Crippen MR) is 81.2 cm³/mol. The van der Waals surface area contributed by atoms with Crippen LogP contribution in [0.1, 0.15) is 17.7 Å². The van der Waals surface area contributed by atoms with Crippen LogP contribution in [0.15, 0.2) is 28.5 Å². The lowest BCUT2D eigenvalue weighted by Gasteiger charge is -2.02. The van der Waals surface area contributed by atoms with Crippen molar-refractivity contribution in [1.29, 1.82) is 0 Å². The van der Waals surface area contributed by atoms with Gasteiger partial charge < -0.3 is 11.5 Å². The second-order valence-corrected chi connectivity index (χ2v) is 6.51. The Morgan fingerprint density at radius 1 is 1.22 bits per heavy atom. The van der Waals surface area contributed by atoms with Crippen molar-refractivity contribution < 1.29 is 0 Å². The highest BCUT2D eigenvalue weighted by atomic mass is 32.2. The minimum Gasteiger partial charge on any atom is -0.399 e. The molecule has 5 heteroatoms. The van der Waals surface area contributed by atoms with Crippen LogP contribution >= 0.6 is 23.1 Å². The zero-order valence-corrected chi connectivity index (χ0v) is 12.0. The van der Waals surface area contributed by atoms with Gasteiger partial charge in [-0.3, -0.25) is 0 Å². The number of aryl methyl sites for hydroxylation is 2. The average Bonchev–Trinajstić information content (AvgIpc) is 2.66. The molecule has 0 saturated heterocycles. The molecule has 0 atom stereocenters. The molecule has 4 N–H and O–H groups in total. The number of thiazole rings is 1. The van der Waals surface area contributed by atoms with Crippen LogP contribution in [0.2, 0.25) is 0 Å². The molecule has 0 spiro atoms. The summed E-state index contributed by atoms with van der Waals surface area (Å²) in [5.41, 5.74) is 14.5. The molecular weight excluding hydrogens is 262 g/mol. The summed E-state index contributed by atoms with van der Waals surface area (Å²) >= 11 is 3.42. The van der Waals surface area contributed by atoms with Gasteiger partial charge >= 0.3 is 0 Å². The molecule has 1 aromatic heterocycles. The van der Waals surface area contributed by atoms with E-state index in [0.717, 1.165) is 30.0 Å². The highest BCUT2D eigenvalue weighted by molar-refractivity contribution is 8.01. The van der Waals surface area contributed by atoms with E-state index >= 15 is 0 Å². The number of hydrogen-bond donors (Lipinski definition) is 2. The number of aromatic nitrogens is 1. The van der Waals surface area contributed by atoms with Crippen LogP contribution in [0.5, 0.6) is 0 Å². The fourth-order valence-corrected chi connectivity index (χ4v) is 3.70. The van der Waals surface area contributed by atoms with E-state index in [-0.39, 0.29) is 0 Å². The van der Waals surface area contributed by atoms with E-state index in [1.165, 1.54) is 9.77 Å². The summed E-state index contributed by atoms with van der Waals surface area (Å²) in [6.07, 6.45) is 2.23. The number of nitrogens with two attached hydrogens (primary N) is 2. The maximum Gasteiger partial charge on any atom is 0.181 e. The molecule has 0 aliphatic heterocycles. The van der Waals surface area contributed by atoms with Gasteiger partial charge in [-0.05, 0) is 43.2 Å². The zero-order valence-electron chi connectivity index (χ0n) is 10.3. The Kier molecular flexibility index (Phi) is 4.49. The third kappa shape index (κ3) is 3.65. The third-order valence-electron chi connectivity index (χ3n) is 2.59. The standard InChI is InChI=1S/C13H17N3S2/c1-9-12(18-13(15)16-9)17-8-2-3-10-4-6-11(14)7-5-10/h4-7H,2-3,8,14H2,1H3,(H2,15,16). The Labute approximate surface area is 116 Å². The van der Waals surface area contributed by atoms with Crippen LogP contribution < -0.4 is 11.5 Å². The molecule has 3 nitrogen and oxygen atoms in total. The zero-order chi connectivity index (χ0) is 13.0. The summed E-state index contributed by atoms with van der Waals surface area (Å²) < 4.78 is 1.24. The van der Waals surface area contributed by atoms with Crippen molar-refractivity contribution in [3.63, 3.8) is 0 Å². The molecule has 96 valence electrons. The molecule has 0 saturated carbocycles. The van der Waals surface area contributed by atoms with E-state index in [0.29, 0.717) is 5.13 Å². The van der Waals surface area contributed by atoms with Crippen molar-refractivity contribution >= 4 is 33.9 Å². The minimum atomic E-state index is 0.661. The van der Waals surface area contributed by atoms with Crippen molar-refractivity contribution in [3.05, 3.63) is 35.5 Å². The van der Waals surface area contributed by atoms with Gasteiger partial charge in [-0.2, -0.15) is 0 Å². The van der Waals surface area contributed by atoms with Crippen LogP contribution in [0, 0.1) is 6.92 Å². The summed E-state index contributed by atoms with van der Waals surface area (Å²) in [5.74, 6) is 1.09. The van der Waals surface area contributed by atoms with Crippen LogP contribution in [-0.4, -0.2) is 10.7 Å². The van der Waals surface area contributed by atoms with Crippen molar-refractivity contribution in [1.82, 2.24) is 4.98 Å². The molecule has 0 aliphatic rings. The quantitative estimate of drug-likeness (QED) is 0.500. The minimum absolute atomic E-state index is 0.661. The predicted octanol–water partition coefficient (Wildman–Crippen LogP) is 3.34. The Balaban J connectivity index is 1.76. The third-order valence-corrected chi connectivity index (χ3v) is 5.03. The monoisotopic (exact) mass is 279 g/mol. The SMILES string of the molecule is Cc1nc(N)sc1SCCCc1ccc(N)cc1.